The molecule has 0 unspecified atom stereocenters. The second-order valence-corrected chi connectivity index (χ2v) is 0. The van der Waals surface area contributed by atoms with E-state index in [9.17, 15) is 0 Å². The molecule has 0 aliphatic heterocycles. The molecule has 21 valence electrons. The third-order valence-electron chi connectivity index (χ3n) is 0. The van der Waals surface area contributed by atoms with Crippen LogP contribution < -0.4 is 0 Å². The predicted molar refractivity (Wildman–Crippen MR) is 29.8 cm³/mol. The van der Waals surface area contributed by atoms with E-state index in [4.69, 9.17) is 0 Å². The summed E-state index contributed by atoms with van der Waals surface area (Å²) >= 11 is 0. The van der Waals surface area contributed by atoms with Gasteiger partial charge in [0.1, 0.15) is 0 Å². The van der Waals surface area contributed by atoms with Crippen LogP contribution in [0.4, 0.5) is 0 Å². The van der Waals surface area contributed by atoms with Crippen LogP contribution in [0.2, 0.25) is 0 Å². The van der Waals surface area contributed by atoms with Crippen LogP contribution in [0.25, 0.3) is 0 Å². The van der Waals surface area contributed by atoms with Crippen LogP contribution in [-0.4, -0.2) is 52.1 Å². The smallest absolute Gasteiger partial charge is 0 e. The molecule has 0 N–H and O–H groups in total. The maximum atomic E-state index is 0. The Kier molecular flexibility index (Phi) is 142. The summed E-state index contributed by atoms with van der Waals surface area (Å²) in [6, 6.07) is 0. The van der Waals surface area contributed by atoms with Crippen molar-refractivity contribution in [1.82, 2.24) is 0 Å². The van der Waals surface area contributed by atoms with Gasteiger partial charge in [-0.1, -0.05) is 0 Å². The van der Waals surface area contributed by atoms with Gasteiger partial charge in [-0.25, -0.2) is 0 Å². The second kappa shape index (κ2) is 17.9. The summed E-state index contributed by atoms with van der Waals surface area (Å²) in [5, 5.41) is 0. The molecule has 4 heteroatoms. The first-order chi connectivity index (χ1) is 0. The summed E-state index contributed by atoms with van der Waals surface area (Å²) in [6.45, 7) is 0. The normalized spacial score (nSPS) is 0. The Morgan fingerprint density at radius 3 is 0.500 bits per heavy atom. The minimum Gasteiger partial charge on any atom is 0 e. The maximum Gasteiger partial charge on any atom is 0.187 e. The molecular formula is H9Al3Sc. The van der Waals surface area contributed by atoms with E-state index in [1.54, 1.807) is 0 Å². The molecule has 0 rings (SSSR count). The average molecular weight is 135 g/mol. The van der Waals surface area contributed by atoms with Crippen molar-refractivity contribution in [3.63, 3.8) is 0 Å². The quantitative estimate of drug-likeness (QED) is 0.301. The van der Waals surface area contributed by atoms with Gasteiger partial charge in [-0.2, -0.15) is 0 Å². The van der Waals surface area contributed by atoms with Gasteiger partial charge in [0.25, 0.3) is 0 Å². The number of rotatable bonds is 0. The predicted octanol–water partition coefficient (Wildman–Crippen LogP) is -3.55. The topological polar surface area (TPSA) is 0 Å². The van der Waals surface area contributed by atoms with E-state index in [1.165, 1.54) is 0 Å². The van der Waals surface area contributed by atoms with E-state index < -0.39 is 0 Å². The molecule has 0 aromatic heterocycles. The molecule has 0 fully saturated rings. The molecule has 0 atom stereocenters. The summed E-state index contributed by atoms with van der Waals surface area (Å²) in [6.07, 6.45) is 0. The number of hydrogen-bond acceptors (Lipinski definition) is 0. The standard InChI is InChI=1S/3Al.Sc.9H. The van der Waals surface area contributed by atoms with Crippen LogP contribution >= 0.6 is 0 Å². The summed E-state index contributed by atoms with van der Waals surface area (Å²) in [7, 11) is 0. The molecule has 0 aliphatic carbocycles. The van der Waals surface area contributed by atoms with Crippen molar-refractivity contribution in [2.45, 2.75) is 0 Å². The second-order valence-electron chi connectivity index (χ2n) is 0. The molecule has 0 bridgehead atoms. The Balaban J connectivity index is 0. The van der Waals surface area contributed by atoms with Crippen LogP contribution in [0.5, 0.6) is 0 Å². The largest absolute Gasteiger partial charge is 0.187 e. The summed E-state index contributed by atoms with van der Waals surface area (Å²) in [4.78, 5) is 0. The molecule has 4 heavy (non-hydrogen) atoms. The van der Waals surface area contributed by atoms with Gasteiger partial charge in [0, 0.05) is 25.8 Å². The van der Waals surface area contributed by atoms with Crippen molar-refractivity contribution in [2.75, 3.05) is 0 Å². The van der Waals surface area contributed by atoms with E-state index in [1.807, 2.05) is 0 Å². The third kappa shape index (κ3) is 8.82. The van der Waals surface area contributed by atoms with E-state index in [0.717, 1.165) is 0 Å². The van der Waals surface area contributed by atoms with Crippen LogP contribution in [0.1, 0.15) is 0 Å². The summed E-state index contributed by atoms with van der Waals surface area (Å²) in [5.74, 6) is 0. The molecule has 1 radical (unpaired) electrons. The Hall–Kier alpha value is 2.47. The molecule has 0 heterocycles. The van der Waals surface area contributed by atoms with Gasteiger partial charge >= 0.3 is 0 Å². The van der Waals surface area contributed by atoms with Crippen LogP contribution in [0.3, 0.4) is 0 Å². The fourth-order valence-electron chi connectivity index (χ4n) is 0. The Bertz CT molecular complexity index is 3.25. The van der Waals surface area contributed by atoms with Crippen molar-refractivity contribution < 1.29 is 25.8 Å². The zero-order valence-electron chi connectivity index (χ0n) is 0.577. The van der Waals surface area contributed by atoms with Gasteiger partial charge in [-0.3, -0.25) is 0 Å². The van der Waals surface area contributed by atoms with Gasteiger partial charge < -0.3 is 0 Å². The van der Waals surface area contributed by atoms with E-state index in [0.29, 0.717) is 0 Å². The monoisotopic (exact) mass is 135 g/mol. The van der Waals surface area contributed by atoms with Crippen LogP contribution in [0.15, 0.2) is 0 Å². The van der Waals surface area contributed by atoms with Crippen LogP contribution in [-0.2, 0) is 25.8 Å². The molecule has 0 aromatic rings. The first-order valence-corrected chi connectivity index (χ1v) is 0. The Morgan fingerprint density at radius 1 is 0.500 bits per heavy atom. The van der Waals surface area contributed by atoms with Crippen LogP contribution in [0, 0.1) is 0 Å². The first-order valence-electron chi connectivity index (χ1n) is 0. The molecule has 0 aromatic carbocycles. The molecule has 0 saturated heterocycles. The minimum atomic E-state index is 0. The molecular weight excluding hydrogens is 126 g/mol. The van der Waals surface area contributed by atoms with E-state index in [2.05, 4.69) is 0 Å². The maximum absolute atomic E-state index is 0. The van der Waals surface area contributed by atoms with E-state index >= 15 is 0 Å². The Morgan fingerprint density at radius 2 is 0.500 bits per heavy atom. The molecule has 0 spiro atoms. The van der Waals surface area contributed by atoms with Crippen molar-refractivity contribution in [2.24, 2.45) is 0 Å². The summed E-state index contributed by atoms with van der Waals surface area (Å²) in [5.41, 5.74) is 0. The third-order valence-corrected chi connectivity index (χ3v) is 0. The summed E-state index contributed by atoms with van der Waals surface area (Å²) < 4.78 is 0. The molecule has 0 saturated carbocycles. The first kappa shape index (κ1) is 31.8. The molecule has 0 amide bonds. The van der Waals surface area contributed by atoms with Gasteiger partial charge in [0.15, 0.2) is 52.1 Å². The minimum absolute atomic E-state index is 0. The van der Waals surface area contributed by atoms with Gasteiger partial charge in [0.05, 0.1) is 0 Å². The van der Waals surface area contributed by atoms with Gasteiger partial charge in [0.2, 0.25) is 0 Å². The molecule has 0 aliphatic rings. The van der Waals surface area contributed by atoms with Crippen molar-refractivity contribution in [1.29, 1.82) is 0 Å². The fourth-order valence-corrected chi connectivity index (χ4v) is 0. The Labute approximate surface area is 76.9 Å². The zero-order chi connectivity index (χ0) is 0. The SMILES string of the molecule is [AlH3].[AlH3].[AlH3].[Sc]. The van der Waals surface area contributed by atoms with Gasteiger partial charge in [-0.05, 0) is 0 Å². The van der Waals surface area contributed by atoms with Gasteiger partial charge in [-0.15, -0.1) is 0 Å². The van der Waals surface area contributed by atoms with Crippen molar-refractivity contribution in [3.05, 3.63) is 0 Å². The molecule has 0 nitrogen and oxygen atoms in total. The van der Waals surface area contributed by atoms with E-state index in [-0.39, 0.29) is 77.9 Å². The van der Waals surface area contributed by atoms with Crippen molar-refractivity contribution >= 4 is 52.1 Å². The fraction of sp³-hybridized carbons (Fsp3) is 0. The average Bonchev–Trinajstić information content (AvgIpc) is 0. The zero-order valence-corrected chi connectivity index (χ0v) is 2.38. The van der Waals surface area contributed by atoms with Crippen molar-refractivity contribution in [3.8, 4) is 0 Å². The number of hydrogen-bond donors (Lipinski definition) is 0.